The first kappa shape index (κ1) is 21.6. The van der Waals surface area contributed by atoms with Gasteiger partial charge in [-0.25, -0.2) is 0 Å². The van der Waals surface area contributed by atoms with Crippen LogP contribution in [-0.2, 0) is 4.12 Å². The third-order valence-corrected chi connectivity index (χ3v) is 15.7. The van der Waals surface area contributed by atoms with Crippen molar-refractivity contribution in [3.05, 3.63) is 0 Å². The Hall–Kier alpha value is 0.354. The zero-order chi connectivity index (χ0) is 16.1. The van der Waals surface area contributed by atoms with Crippen LogP contribution in [0.1, 0.15) is 54.9 Å². The van der Waals surface area contributed by atoms with Crippen LogP contribution < -0.4 is 0 Å². The van der Waals surface area contributed by atoms with E-state index in [2.05, 4.69) is 67.7 Å². The minimum absolute atomic E-state index is 0.319. The Bertz CT molecular complexity index is 222. The molecule has 0 unspecified atom stereocenters. The lowest BCUT2D eigenvalue weighted by molar-refractivity contribution is 0.295. The van der Waals surface area contributed by atoms with Crippen molar-refractivity contribution < 1.29 is 9.22 Å². The van der Waals surface area contributed by atoms with Gasteiger partial charge in [0.25, 0.3) is 0 Å². The molecule has 0 aliphatic carbocycles. The summed E-state index contributed by atoms with van der Waals surface area (Å²) in [6.07, 6.45) is 0.875. The lowest BCUT2D eigenvalue weighted by Gasteiger charge is -2.47. The standard InChI is InChI=1S/C12H30OSi2.C3H8O/c1-11(2,3)14(7,8)13-15(9,10)12(4,5)6;1-2-3-4/h1-10H3;4H,2-3H2,1H3. The summed E-state index contributed by atoms with van der Waals surface area (Å²) >= 11 is 0. The summed E-state index contributed by atoms with van der Waals surface area (Å²) in [7, 11) is -3.18. The monoisotopic (exact) mass is 306 g/mol. The molecular formula is C15H38O2Si2. The summed E-state index contributed by atoms with van der Waals surface area (Å²) in [4.78, 5) is 0. The smallest absolute Gasteiger partial charge is 0.178 e. The fraction of sp³-hybridized carbons (Fsp3) is 1.00. The van der Waals surface area contributed by atoms with E-state index in [1.54, 1.807) is 0 Å². The third kappa shape index (κ3) is 7.64. The second kappa shape index (κ2) is 7.39. The quantitative estimate of drug-likeness (QED) is 0.707. The third-order valence-electron chi connectivity index (χ3n) is 4.35. The zero-order valence-corrected chi connectivity index (χ0v) is 17.3. The fourth-order valence-electron chi connectivity index (χ4n) is 0.944. The Balaban J connectivity index is 0. The van der Waals surface area contributed by atoms with Crippen LogP contribution in [0.3, 0.4) is 0 Å². The van der Waals surface area contributed by atoms with Crippen LogP contribution in [0.5, 0.6) is 0 Å². The molecule has 0 aliphatic rings. The van der Waals surface area contributed by atoms with Gasteiger partial charge in [0, 0.05) is 6.61 Å². The molecule has 0 saturated carbocycles. The van der Waals surface area contributed by atoms with Crippen LogP contribution in [-0.4, -0.2) is 28.3 Å². The van der Waals surface area contributed by atoms with Gasteiger partial charge in [0.15, 0.2) is 16.6 Å². The van der Waals surface area contributed by atoms with Gasteiger partial charge in [0.2, 0.25) is 0 Å². The van der Waals surface area contributed by atoms with Gasteiger partial charge in [0.05, 0.1) is 0 Å². The predicted octanol–water partition coefficient (Wildman–Crippen LogP) is 5.40. The molecule has 0 bridgehead atoms. The maximum Gasteiger partial charge on any atom is 0.178 e. The molecule has 0 radical (unpaired) electrons. The van der Waals surface area contributed by atoms with Gasteiger partial charge in [-0.15, -0.1) is 0 Å². The van der Waals surface area contributed by atoms with E-state index in [1.807, 2.05) is 6.92 Å². The molecule has 118 valence electrons. The molecule has 4 heteroatoms. The molecule has 0 aromatic carbocycles. The summed E-state index contributed by atoms with van der Waals surface area (Å²) in [6.45, 7) is 25.5. The molecule has 0 atom stereocenters. The van der Waals surface area contributed by atoms with Crippen LogP contribution in [0.2, 0.25) is 36.3 Å². The molecule has 19 heavy (non-hydrogen) atoms. The predicted molar refractivity (Wildman–Crippen MR) is 92.9 cm³/mol. The lowest BCUT2D eigenvalue weighted by Crippen LogP contribution is -2.53. The van der Waals surface area contributed by atoms with Crippen LogP contribution >= 0.6 is 0 Å². The minimum atomic E-state index is -1.59. The topological polar surface area (TPSA) is 29.5 Å². The van der Waals surface area contributed by atoms with E-state index in [0.717, 1.165) is 6.42 Å². The Kier molecular flexibility index (Phi) is 8.42. The lowest BCUT2D eigenvalue weighted by atomic mass is 10.2. The van der Waals surface area contributed by atoms with E-state index in [4.69, 9.17) is 9.22 Å². The van der Waals surface area contributed by atoms with Crippen LogP contribution in [0.15, 0.2) is 0 Å². The second-order valence-electron chi connectivity index (χ2n) is 8.35. The van der Waals surface area contributed by atoms with Gasteiger partial charge < -0.3 is 9.22 Å². The molecule has 0 amide bonds. The van der Waals surface area contributed by atoms with Crippen molar-refractivity contribution in [3.63, 3.8) is 0 Å². The molecule has 2 nitrogen and oxygen atoms in total. The van der Waals surface area contributed by atoms with Crippen molar-refractivity contribution in [2.75, 3.05) is 6.61 Å². The summed E-state index contributed by atoms with van der Waals surface area (Å²) in [5.41, 5.74) is 0. The van der Waals surface area contributed by atoms with Gasteiger partial charge in [-0.1, -0.05) is 48.5 Å². The van der Waals surface area contributed by atoms with Gasteiger partial charge >= 0.3 is 0 Å². The average molecular weight is 307 g/mol. The SMILES string of the molecule is CC(C)(C)[Si](C)(C)O[Si](C)(C)C(C)(C)C.CCCO. The highest BCUT2D eigenvalue weighted by Gasteiger charge is 2.46. The first-order valence-electron chi connectivity index (χ1n) is 7.43. The highest BCUT2D eigenvalue weighted by molar-refractivity contribution is 6.87. The summed E-state index contributed by atoms with van der Waals surface area (Å²) in [5.74, 6) is 0. The number of hydrogen-bond donors (Lipinski definition) is 1. The zero-order valence-electron chi connectivity index (χ0n) is 15.3. The maximum atomic E-state index is 7.88. The Labute approximate surface area is 124 Å². The molecule has 0 fully saturated rings. The second-order valence-corrected chi connectivity index (χ2v) is 18.2. The molecule has 0 aliphatic heterocycles. The van der Waals surface area contributed by atoms with Crippen molar-refractivity contribution >= 4 is 16.6 Å². The normalized spacial score (nSPS) is 13.9. The maximum absolute atomic E-state index is 7.88. The highest BCUT2D eigenvalue weighted by atomic mass is 28.4. The van der Waals surface area contributed by atoms with Crippen molar-refractivity contribution in [1.29, 1.82) is 0 Å². The number of hydrogen-bond acceptors (Lipinski definition) is 2. The van der Waals surface area contributed by atoms with Crippen LogP contribution in [0.25, 0.3) is 0 Å². The van der Waals surface area contributed by atoms with E-state index in [1.165, 1.54) is 0 Å². The largest absolute Gasteiger partial charge is 0.455 e. The van der Waals surface area contributed by atoms with E-state index in [-0.39, 0.29) is 0 Å². The van der Waals surface area contributed by atoms with E-state index in [9.17, 15) is 0 Å². The van der Waals surface area contributed by atoms with Gasteiger partial charge in [-0.2, -0.15) is 0 Å². The molecule has 0 aromatic rings. The van der Waals surface area contributed by atoms with Gasteiger partial charge in [-0.3, -0.25) is 0 Å². The molecule has 1 N–H and O–H groups in total. The average Bonchev–Trinajstić information content (AvgIpc) is 2.13. The van der Waals surface area contributed by atoms with Crippen LogP contribution in [0, 0.1) is 0 Å². The Morgan fingerprint density at radius 3 is 1.11 bits per heavy atom. The Morgan fingerprint density at radius 1 is 0.789 bits per heavy atom. The summed E-state index contributed by atoms with van der Waals surface area (Å²) in [6, 6.07) is 0. The van der Waals surface area contributed by atoms with Crippen molar-refractivity contribution in [2.45, 2.75) is 91.2 Å². The molecule has 0 spiro atoms. The van der Waals surface area contributed by atoms with E-state index < -0.39 is 16.6 Å². The van der Waals surface area contributed by atoms with Crippen molar-refractivity contribution in [3.8, 4) is 0 Å². The molecule has 0 rings (SSSR count). The minimum Gasteiger partial charge on any atom is -0.455 e. The number of aliphatic hydroxyl groups excluding tert-OH is 1. The molecule has 0 saturated heterocycles. The van der Waals surface area contributed by atoms with Crippen LogP contribution in [0.4, 0.5) is 0 Å². The van der Waals surface area contributed by atoms with E-state index >= 15 is 0 Å². The van der Waals surface area contributed by atoms with Crippen molar-refractivity contribution in [1.82, 2.24) is 0 Å². The Morgan fingerprint density at radius 2 is 1.00 bits per heavy atom. The summed E-state index contributed by atoms with van der Waals surface area (Å²) in [5, 5.41) is 8.52. The fourth-order valence-corrected chi connectivity index (χ4v) is 8.50. The molecule has 0 aromatic heterocycles. The first-order valence-corrected chi connectivity index (χ1v) is 13.2. The number of rotatable bonds is 3. The molecular weight excluding hydrogens is 268 g/mol. The first-order chi connectivity index (χ1) is 8.12. The number of aliphatic hydroxyl groups is 1. The van der Waals surface area contributed by atoms with Crippen molar-refractivity contribution in [2.24, 2.45) is 0 Å². The van der Waals surface area contributed by atoms with Gasteiger partial charge in [-0.05, 0) is 42.7 Å². The summed E-state index contributed by atoms with van der Waals surface area (Å²) < 4.78 is 6.63. The highest BCUT2D eigenvalue weighted by Crippen LogP contribution is 2.44. The molecule has 0 heterocycles. The van der Waals surface area contributed by atoms with E-state index in [0.29, 0.717) is 16.7 Å². The van der Waals surface area contributed by atoms with Gasteiger partial charge in [0.1, 0.15) is 0 Å².